The summed E-state index contributed by atoms with van der Waals surface area (Å²) >= 11 is 7.25. The lowest BCUT2D eigenvalue weighted by molar-refractivity contribution is 0.0997. The highest BCUT2D eigenvalue weighted by Crippen LogP contribution is 2.23. The Balaban J connectivity index is 2.15. The van der Waals surface area contributed by atoms with Gasteiger partial charge in [0.25, 0.3) is 0 Å². The molecule has 0 aromatic carbocycles. The molecule has 0 radical (unpaired) electrons. The quantitative estimate of drug-likeness (QED) is 0.768. The summed E-state index contributed by atoms with van der Waals surface area (Å²) in [4.78, 5) is 16.4. The average molecular weight is 238 g/mol. The Labute approximate surface area is 96.5 Å². The first kappa shape index (κ1) is 10.3. The van der Waals surface area contributed by atoms with Crippen LogP contribution in [0.25, 0.3) is 0 Å². The van der Waals surface area contributed by atoms with Crippen LogP contribution in [-0.4, -0.2) is 10.8 Å². The van der Waals surface area contributed by atoms with Gasteiger partial charge in [-0.15, -0.1) is 11.3 Å². The van der Waals surface area contributed by atoms with Gasteiger partial charge >= 0.3 is 0 Å². The van der Waals surface area contributed by atoms with Crippen LogP contribution in [0.3, 0.4) is 0 Å². The SMILES string of the molecule is O=C(Cc1cccnc1)c1sccc1Cl. The molecule has 0 aliphatic rings. The Bertz CT molecular complexity index is 466. The first-order chi connectivity index (χ1) is 7.27. The molecule has 0 saturated heterocycles. The molecule has 4 heteroatoms. The second-order valence-corrected chi connectivity index (χ2v) is 4.38. The number of pyridine rings is 1. The fourth-order valence-corrected chi connectivity index (χ4v) is 2.36. The van der Waals surface area contributed by atoms with Crippen LogP contribution in [0, 0.1) is 0 Å². The summed E-state index contributed by atoms with van der Waals surface area (Å²) in [7, 11) is 0. The van der Waals surface area contributed by atoms with E-state index in [1.807, 2.05) is 17.5 Å². The van der Waals surface area contributed by atoms with Crippen LogP contribution in [0.1, 0.15) is 15.2 Å². The second kappa shape index (κ2) is 4.55. The number of aromatic nitrogens is 1. The zero-order chi connectivity index (χ0) is 10.7. The number of nitrogens with zero attached hydrogens (tertiary/aromatic N) is 1. The highest BCUT2D eigenvalue weighted by Gasteiger charge is 2.12. The normalized spacial score (nSPS) is 10.2. The topological polar surface area (TPSA) is 30.0 Å². The molecule has 0 N–H and O–H groups in total. The maximum absolute atomic E-state index is 11.8. The van der Waals surface area contributed by atoms with Crippen molar-refractivity contribution in [3.8, 4) is 0 Å². The van der Waals surface area contributed by atoms with Gasteiger partial charge in [-0.2, -0.15) is 0 Å². The number of rotatable bonds is 3. The van der Waals surface area contributed by atoms with Crippen molar-refractivity contribution in [2.24, 2.45) is 0 Å². The maximum atomic E-state index is 11.8. The molecule has 2 nitrogen and oxygen atoms in total. The Morgan fingerprint density at radius 2 is 2.33 bits per heavy atom. The molecule has 0 spiro atoms. The Hall–Kier alpha value is -1.19. The van der Waals surface area contributed by atoms with Gasteiger partial charge in [-0.3, -0.25) is 9.78 Å². The minimum absolute atomic E-state index is 0.0444. The van der Waals surface area contributed by atoms with Crippen LogP contribution in [-0.2, 0) is 6.42 Å². The summed E-state index contributed by atoms with van der Waals surface area (Å²) in [5.41, 5.74) is 0.909. The van der Waals surface area contributed by atoms with E-state index in [4.69, 9.17) is 11.6 Å². The molecule has 0 atom stereocenters. The molecular weight excluding hydrogens is 230 g/mol. The van der Waals surface area contributed by atoms with Crippen molar-refractivity contribution in [2.75, 3.05) is 0 Å². The number of thiophene rings is 1. The third kappa shape index (κ3) is 2.43. The average Bonchev–Trinajstić information content (AvgIpc) is 2.66. The van der Waals surface area contributed by atoms with Gasteiger partial charge in [0, 0.05) is 18.8 Å². The summed E-state index contributed by atoms with van der Waals surface area (Å²) in [6.45, 7) is 0. The fraction of sp³-hybridized carbons (Fsp3) is 0.0909. The van der Waals surface area contributed by atoms with E-state index in [0.29, 0.717) is 16.3 Å². The van der Waals surface area contributed by atoms with Crippen molar-refractivity contribution < 1.29 is 4.79 Å². The molecule has 0 aliphatic heterocycles. The molecule has 0 fully saturated rings. The molecule has 0 saturated carbocycles. The van der Waals surface area contributed by atoms with E-state index in [2.05, 4.69) is 4.98 Å². The third-order valence-electron chi connectivity index (χ3n) is 1.96. The summed E-state index contributed by atoms with van der Waals surface area (Å²) in [5, 5.41) is 2.35. The van der Waals surface area contributed by atoms with E-state index >= 15 is 0 Å². The van der Waals surface area contributed by atoms with Crippen LogP contribution >= 0.6 is 22.9 Å². The van der Waals surface area contributed by atoms with Gasteiger partial charge in [-0.25, -0.2) is 0 Å². The minimum Gasteiger partial charge on any atom is -0.293 e. The predicted octanol–water partition coefficient (Wildman–Crippen LogP) is 3.22. The lowest BCUT2D eigenvalue weighted by Gasteiger charge is -1.98. The molecule has 2 aromatic heterocycles. The highest BCUT2D eigenvalue weighted by molar-refractivity contribution is 7.12. The first-order valence-corrected chi connectivity index (χ1v) is 5.68. The largest absolute Gasteiger partial charge is 0.293 e. The number of ketones is 1. The monoisotopic (exact) mass is 237 g/mol. The van der Waals surface area contributed by atoms with Gasteiger partial charge in [-0.05, 0) is 23.1 Å². The van der Waals surface area contributed by atoms with E-state index < -0.39 is 0 Å². The van der Waals surface area contributed by atoms with Crippen molar-refractivity contribution in [3.05, 3.63) is 51.4 Å². The summed E-state index contributed by atoms with van der Waals surface area (Å²) in [6, 6.07) is 5.44. The molecular formula is C11H8ClNOS. The van der Waals surface area contributed by atoms with Crippen molar-refractivity contribution in [2.45, 2.75) is 6.42 Å². The van der Waals surface area contributed by atoms with E-state index in [0.717, 1.165) is 5.56 Å². The van der Waals surface area contributed by atoms with Gasteiger partial charge in [-0.1, -0.05) is 17.7 Å². The smallest absolute Gasteiger partial charge is 0.178 e. The second-order valence-electron chi connectivity index (χ2n) is 3.06. The molecule has 2 rings (SSSR count). The summed E-state index contributed by atoms with van der Waals surface area (Å²) in [5.74, 6) is 0.0444. The molecule has 0 unspecified atom stereocenters. The van der Waals surface area contributed by atoms with Crippen LogP contribution in [0.4, 0.5) is 0 Å². The Kier molecular flexibility index (Phi) is 3.14. The first-order valence-electron chi connectivity index (χ1n) is 4.42. The third-order valence-corrected chi connectivity index (χ3v) is 3.34. The number of halogens is 1. The van der Waals surface area contributed by atoms with Crippen LogP contribution in [0.5, 0.6) is 0 Å². The number of hydrogen-bond acceptors (Lipinski definition) is 3. The molecule has 2 heterocycles. The van der Waals surface area contributed by atoms with E-state index in [9.17, 15) is 4.79 Å². The molecule has 2 aromatic rings. The Morgan fingerprint density at radius 1 is 1.47 bits per heavy atom. The standard InChI is InChI=1S/C11H8ClNOS/c12-9-3-5-15-11(9)10(14)6-8-2-1-4-13-7-8/h1-5,7H,6H2. The van der Waals surface area contributed by atoms with Gasteiger partial charge in [0.1, 0.15) is 0 Å². The zero-order valence-electron chi connectivity index (χ0n) is 7.81. The number of Topliss-reactive ketones (excluding diaryl/α,β-unsaturated/α-hetero) is 1. The highest BCUT2D eigenvalue weighted by atomic mass is 35.5. The van der Waals surface area contributed by atoms with Crippen molar-refractivity contribution >= 4 is 28.7 Å². The van der Waals surface area contributed by atoms with E-state index in [1.165, 1.54) is 11.3 Å². The van der Waals surface area contributed by atoms with Crippen molar-refractivity contribution in [3.63, 3.8) is 0 Å². The van der Waals surface area contributed by atoms with Crippen LogP contribution in [0.15, 0.2) is 36.0 Å². The molecule has 0 amide bonds. The van der Waals surface area contributed by atoms with Gasteiger partial charge in [0.15, 0.2) is 5.78 Å². The van der Waals surface area contributed by atoms with Crippen molar-refractivity contribution in [1.29, 1.82) is 0 Å². The van der Waals surface area contributed by atoms with Gasteiger partial charge in [0.2, 0.25) is 0 Å². The summed E-state index contributed by atoms with van der Waals surface area (Å²) < 4.78 is 0. The molecule has 76 valence electrons. The van der Waals surface area contributed by atoms with E-state index in [-0.39, 0.29) is 5.78 Å². The fourth-order valence-electron chi connectivity index (χ4n) is 1.26. The number of carbonyl (C=O) groups is 1. The van der Waals surface area contributed by atoms with Gasteiger partial charge < -0.3 is 0 Å². The van der Waals surface area contributed by atoms with E-state index in [1.54, 1.807) is 18.5 Å². The maximum Gasteiger partial charge on any atom is 0.178 e. The minimum atomic E-state index is 0.0444. The van der Waals surface area contributed by atoms with Crippen LogP contribution < -0.4 is 0 Å². The number of carbonyl (C=O) groups excluding carboxylic acids is 1. The van der Waals surface area contributed by atoms with Gasteiger partial charge in [0.05, 0.1) is 9.90 Å². The molecule has 0 aliphatic carbocycles. The number of hydrogen-bond donors (Lipinski definition) is 0. The van der Waals surface area contributed by atoms with Crippen LogP contribution in [0.2, 0.25) is 5.02 Å². The lowest BCUT2D eigenvalue weighted by Crippen LogP contribution is -2.01. The predicted molar refractivity (Wildman–Crippen MR) is 61.6 cm³/mol. The summed E-state index contributed by atoms with van der Waals surface area (Å²) in [6.07, 6.45) is 3.74. The molecule has 0 bridgehead atoms. The lowest BCUT2D eigenvalue weighted by atomic mass is 10.1. The zero-order valence-corrected chi connectivity index (χ0v) is 9.39. The Morgan fingerprint density at radius 3 is 2.93 bits per heavy atom. The molecule has 15 heavy (non-hydrogen) atoms. The van der Waals surface area contributed by atoms with Crippen molar-refractivity contribution in [1.82, 2.24) is 4.98 Å².